The molecule has 2 aliphatic rings. The molecule has 0 unspecified atom stereocenters. The molecule has 2 fully saturated rings. The number of carbonyl (C=O) groups excluding carboxylic acids is 2. The van der Waals surface area contributed by atoms with E-state index in [1.54, 1.807) is 48.5 Å². The fraction of sp³-hybridized carbons (Fsp3) is 0.200. The molecule has 2 saturated heterocycles. The summed E-state index contributed by atoms with van der Waals surface area (Å²) in [6.07, 6.45) is -1.10. The highest BCUT2D eigenvalue weighted by atomic mass is 19.2. The standard InChI is InChI=1S/C25H20F2N2O4/c1-2-32-18-11-9-16(10-12-18)28-24(30)21-22(15-8-13-19(26)20(27)14-15)29(33-23(21)25(28)31)17-6-4-3-5-7-17/h3-14,21-23H,2H2,1H3/t21-,22+,23-/m0/s1. The third-order valence-corrected chi connectivity index (χ3v) is 5.82. The summed E-state index contributed by atoms with van der Waals surface area (Å²) in [7, 11) is 0. The number of anilines is 2. The first-order valence-electron chi connectivity index (χ1n) is 10.6. The molecular weight excluding hydrogens is 430 g/mol. The molecule has 3 aromatic carbocycles. The number of ether oxygens (including phenoxy) is 1. The van der Waals surface area contributed by atoms with Crippen LogP contribution in [0.25, 0.3) is 0 Å². The number of hydrogen-bond acceptors (Lipinski definition) is 5. The highest BCUT2D eigenvalue weighted by Gasteiger charge is 2.60. The average molecular weight is 450 g/mol. The number of hydroxylamine groups is 1. The zero-order valence-electron chi connectivity index (χ0n) is 17.7. The van der Waals surface area contributed by atoms with Crippen LogP contribution in [0.5, 0.6) is 5.75 Å². The van der Waals surface area contributed by atoms with Gasteiger partial charge < -0.3 is 4.74 Å². The van der Waals surface area contributed by atoms with Crippen LogP contribution >= 0.6 is 0 Å². The molecule has 2 amide bonds. The van der Waals surface area contributed by atoms with Crippen molar-refractivity contribution >= 4 is 23.2 Å². The van der Waals surface area contributed by atoms with Crippen molar-refractivity contribution in [2.75, 3.05) is 16.6 Å². The highest BCUT2D eigenvalue weighted by Crippen LogP contribution is 2.47. The minimum absolute atomic E-state index is 0.333. The Morgan fingerprint density at radius 2 is 1.61 bits per heavy atom. The summed E-state index contributed by atoms with van der Waals surface area (Å²) in [4.78, 5) is 33.9. The zero-order valence-corrected chi connectivity index (χ0v) is 17.7. The van der Waals surface area contributed by atoms with E-state index in [0.717, 1.165) is 17.0 Å². The Morgan fingerprint density at radius 3 is 2.27 bits per heavy atom. The van der Waals surface area contributed by atoms with Crippen LogP contribution in [-0.2, 0) is 14.4 Å². The number of rotatable bonds is 5. The molecule has 0 bridgehead atoms. The van der Waals surface area contributed by atoms with Gasteiger partial charge in [0.1, 0.15) is 11.7 Å². The predicted molar refractivity (Wildman–Crippen MR) is 116 cm³/mol. The number of halogens is 2. The van der Waals surface area contributed by atoms with Gasteiger partial charge in [-0.1, -0.05) is 24.3 Å². The molecule has 33 heavy (non-hydrogen) atoms. The Kier molecular flexibility index (Phi) is 5.30. The van der Waals surface area contributed by atoms with Crippen molar-refractivity contribution in [1.82, 2.24) is 0 Å². The van der Waals surface area contributed by atoms with Crippen LogP contribution in [0.1, 0.15) is 18.5 Å². The molecule has 8 heteroatoms. The molecule has 0 spiro atoms. The van der Waals surface area contributed by atoms with Gasteiger partial charge >= 0.3 is 0 Å². The summed E-state index contributed by atoms with van der Waals surface area (Å²) in [5.74, 6) is -3.34. The van der Waals surface area contributed by atoms with Crippen LogP contribution in [0, 0.1) is 17.6 Å². The maximum Gasteiger partial charge on any atom is 0.266 e. The van der Waals surface area contributed by atoms with Gasteiger partial charge in [0.05, 0.1) is 24.0 Å². The van der Waals surface area contributed by atoms with Crippen molar-refractivity contribution in [3.63, 3.8) is 0 Å². The van der Waals surface area contributed by atoms with E-state index >= 15 is 0 Å². The fourth-order valence-electron chi connectivity index (χ4n) is 4.36. The number of para-hydroxylation sites is 1. The largest absolute Gasteiger partial charge is 0.494 e. The van der Waals surface area contributed by atoms with Crippen LogP contribution in [0.15, 0.2) is 72.8 Å². The van der Waals surface area contributed by atoms with Crippen molar-refractivity contribution in [2.24, 2.45) is 5.92 Å². The van der Waals surface area contributed by atoms with E-state index in [-0.39, 0.29) is 0 Å². The first kappa shape index (κ1) is 21.1. The zero-order chi connectivity index (χ0) is 23.1. The molecule has 0 saturated carbocycles. The first-order chi connectivity index (χ1) is 16.0. The topological polar surface area (TPSA) is 59.1 Å². The van der Waals surface area contributed by atoms with Crippen LogP contribution in [-0.4, -0.2) is 24.5 Å². The first-order valence-corrected chi connectivity index (χ1v) is 10.6. The van der Waals surface area contributed by atoms with E-state index in [0.29, 0.717) is 29.3 Å². The van der Waals surface area contributed by atoms with Gasteiger partial charge in [-0.25, -0.2) is 18.7 Å². The summed E-state index contributed by atoms with van der Waals surface area (Å²) in [6, 6.07) is 18.1. The van der Waals surface area contributed by atoms with Gasteiger partial charge in [0.15, 0.2) is 17.7 Å². The lowest BCUT2D eigenvalue weighted by Crippen LogP contribution is -2.37. The monoisotopic (exact) mass is 450 g/mol. The Bertz CT molecular complexity index is 1200. The van der Waals surface area contributed by atoms with Gasteiger partial charge in [-0.3, -0.25) is 14.4 Å². The number of nitrogens with zero attached hydrogens (tertiary/aromatic N) is 2. The second-order valence-electron chi connectivity index (χ2n) is 7.77. The number of fused-ring (bicyclic) bond motifs is 1. The van der Waals surface area contributed by atoms with Crippen LogP contribution in [0.2, 0.25) is 0 Å². The number of hydrogen-bond donors (Lipinski definition) is 0. The molecule has 2 heterocycles. The quantitative estimate of drug-likeness (QED) is 0.539. The Balaban J connectivity index is 1.55. The molecule has 0 aromatic heterocycles. The highest BCUT2D eigenvalue weighted by molar-refractivity contribution is 6.23. The van der Waals surface area contributed by atoms with Crippen LogP contribution in [0.4, 0.5) is 20.2 Å². The molecule has 0 N–H and O–H groups in total. The van der Waals surface area contributed by atoms with Gasteiger partial charge in [0.2, 0.25) is 5.91 Å². The molecule has 0 aliphatic carbocycles. The smallest absolute Gasteiger partial charge is 0.266 e. The summed E-state index contributed by atoms with van der Waals surface area (Å²) < 4.78 is 33.2. The number of amides is 2. The summed E-state index contributed by atoms with van der Waals surface area (Å²) in [6.45, 7) is 2.35. The van der Waals surface area contributed by atoms with Gasteiger partial charge in [-0.2, -0.15) is 0 Å². The second-order valence-corrected chi connectivity index (χ2v) is 7.77. The molecule has 3 aromatic rings. The number of benzene rings is 3. The van der Waals surface area contributed by atoms with E-state index in [1.165, 1.54) is 11.1 Å². The van der Waals surface area contributed by atoms with E-state index < -0.39 is 41.5 Å². The van der Waals surface area contributed by atoms with Crippen LogP contribution in [0.3, 0.4) is 0 Å². The molecule has 0 radical (unpaired) electrons. The fourth-order valence-corrected chi connectivity index (χ4v) is 4.36. The number of carbonyl (C=O) groups is 2. The van der Waals surface area contributed by atoms with E-state index in [2.05, 4.69) is 0 Å². The minimum Gasteiger partial charge on any atom is -0.494 e. The van der Waals surface area contributed by atoms with Crippen molar-refractivity contribution < 1.29 is 27.9 Å². The molecular formula is C25H20F2N2O4. The van der Waals surface area contributed by atoms with E-state index in [4.69, 9.17) is 9.57 Å². The molecule has 3 atom stereocenters. The normalized spacial score (nSPS) is 22.1. The van der Waals surface area contributed by atoms with Crippen molar-refractivity contribution in [2.45, 2.75) is 19.1 Å². The Labute approximate surface area is 188 Å². The lowest BCUT2D eigenvalue weighted by atomic mass is 9.90. The van der Waals surface area contributed by atoms with Gasteiger partial charge in [0, 0.05) is 0 Å². The Hall–Kier alpha value is -3.78. The maximum absolute atomic E-state index is 14.1. The van der Waals surface area contributed by atoms with Gasteiger partial charge in [-0.05, 0) is 61.0 Å². The molecule has 5 rings (SSSR count). The Morgan fingerprint density at radius 1 is 0.879 bits per heavy atom. The van der Waals surface area contributed by atoms with Crippen molar-refractivity contribution in [3.8, 4) is 5.75 Å². The molecule has 6 nitrogen and oxygen atoms in total. The van der Waals surface area contributed by atoms with E-state index in [1.807, 2.05) is 13.0 Å². The minimum atomic E-state index is -1.10. The second kappa shape index (κ2) is 8.29. The lowest BCUT2D eigenvalue weighted by Gasteiger charge is -2.28. The molecule has 2 aliphatic heterocycles. The van der Waals surface area contributed by atoms with Gasteiger partial charge in [0.25, 0.3) is 5.91 Å². The lowest BCUT2D eigenvalue weighted by molar-refractivity contribution is -0.126. The van der Waals surface area contributed by atoms with Gasteiger partial charge in [-0.15, -0.1) is 0 Å². The average Bonchev–Trinajstić information content (AvgIpc) is 3.33. The maximum atomic E-state index is 14.1. The van der Waals surface area contributed by atoms with Crippen LogP contribution < -0.4 is 14.7 Å². The van der Waals surface area contributed by atoms with Crippen molar-refractivity contribution in [3.05, 3.63) is 90.0 Å². The molecule has 168 valence electrons. The summed E-state index contributed by atoms with van der Waals surface area (Å²) in [5.41, 5.74) is 1.32. The summed E-state index contributed by atoms with van der Waals surface area (Å²) >= 11 is 0. The van der Waals surface area contributed by atoms with Crippen molar-refractivity contribution in [1.29, 1.82) is 0 Å². The summed E-state index contributed by atoms with van der Waals surface area (Å²) in [5, 5.41) is 1.44. The number of imide groups is 1. The SMILES string of the molecule is CCOc1ccc(N2C(=O)[C@@H]3[C@H](ON(c4ccccc4)[C@@H]3c3ccc(F)c(F)c3)C2=O)cc1. The van der Waals surface area contributed by atoms with E-state index in [9.17, 15) is 18.4 Å². The predicted octanol–water partition coefficient (Wildman–Crippen LogP) is 4.41. The third-order valence-electron chi connectivity index (χ3n) is 5.82. The third kappa shape index (κ3) is 3.52.